The van der Waals surface area contributed by atoms with E-state index in [-0.39, 0.29) is 5.56 Å². The fraction of sp³-hybridized carbons (Fsp3) is 0.400. The maximum absolute atomic E-state index is 12.5. The highest BCUT2D eigenvalue weighted by atomic mass is 32.2. The minimum Gasteiger partial charge on any atom is -0.392 e. The summed E-state index contributed by atoms with van der Waals surface area (Å²) in [6, 6.07) is 4.00. The van der Waals surface area contributed by atoms with Crippen molar-refractivity contribution in [3.05, 3.63) is 29.3 Å². The molecule has 0 amide bonds. The van der Waals surface area contributed by atoms with Crippen LogP contribution >= 0.6 is 11.8 Å². The van der Waals surface area contributed by atoms with Crippen molar-refractivity contribution in [2.24, 2.45) is 0 Å². The van der Waals surface area contributed by atoms with E-state index in [0.29, 0.717) is 4.90 Å². The average molecular weight is 236 g/mol. The van der Waals surface area contributed by atoms with Crippen molar-refractivity contribution in [2.45, 2.75) is 24.6 Å². The van der Waals surface area contributed by atoms with Crippen LogP contribution in [0.4, 0.5) is 13.2 Å². The Morgan fingerprint density at radius 1 is 1.33 bits per heavy atom. The Bertz CT molecular complexity index is 336. The lowest BCUT2D eigenvalue weighted by Gasteiger charge is -2.12. The summed E-state index contributed by atoms with van der Waals surface area (Å²) in [4.78, 5) is 0.571. The Hall–Kier alpha value is -0.680. The number of aliphatic hydroxyl groups excluding tert-OH is 1. The van der Waals surface area contributed by atoms with Gasteiger partial charge >= 0.3 is 6.18 Å². The van der Waals surface area contributed by atoms with Crippen molar-refractivity contribution in [1.29, 1.82) is 0 Å². The van der Waals surface area contributed by atoms with Crippen LogP contribution in [0.2, 0.25) is 0 Å². The second-order valence-electron chi connectivity index (χ2n) is 2.91. The Morgan fingerprint density at radius 3 is 2.47 bits per heavy atom. The number of alkyl halides is 3. The van der Waals surface area contributed by atoms with Crippen LogP contribution in [0.15, 0.2) is 23.1 Å². The van der Waals surface area contributed by atoms with Gasteiger partial charge in [-0.1, -0.05) is 13.0 Å². The molecular weight excluding hydrogens is 225 g/mol. The minimum absolute atomic E-state index is 0.0806. The lowest BCUT2D eigenvalue weighted by atomic mass is 10.1. The van der Waals surface area contributed by atoms with Crippen molar-refractivity contribution >= 4 is 11.8 Å². The second kappa shape index (κ2) is 4.90. The summed E-state index contributed by atoms with van der Waals surface area (Å²) in [6.45, 7) is 1.28. The van der Waals surface area contributed by atoms with E-state index in [2.05, 4.69) is 0 Å². The highest BCUT2D eigenvalue weighted by Gasteiger charge is 2.33. The maximum atomic E-state index is 12.5. The van der Waals surface area contributed by atoms with Crippen LogP contribution in [0.5, 0.6) is 0 Å². The van der Waals surface area contributed by atoms with Gasteiger partial charge in [0.25, 0.3) is 0 Å². The van der Waals surface area contributed by atoms with Gasteiger partial charge in [0.2, 0.25) is 0 Å². The zero-order valence-corrected chi connectivity index (χ0v) is 8.95. The van der Waals surface area contributed by atoms with Gasteiger partial charge in [0, 0.05) is 4.90 Å². The van der Waals surface area contributed by atoms with E-state index in [4.69, 9.17) is 5.11 Å². The summed E-state index contributed by atoms with van der Waals surface area (Å²) in [5.41, 5.74) is -0.827. The molecule has 0 aliphatic rings. The van der Waals surface area contributed by atoms with E-state index in [1.165, 1.54) is 17.8 Å². The van der Waals surface area contributed by atoms with Gasteiger partial charge < -0.3 is 5.11 Å². The molecule has 1 aromatic rings. The molecule has 1 aromatic carbocycles. The molecule has 84 valence electrons. The Kier molecular flexibility index (Phi) is 4.04. The van der Waals surface area contributed by atoms with Crippen molar-refractivity contribution in [2.75, 3.05) is 5.75 Å². The number of thioether (sulfide) groups is 1. The fourth-order valence-corrected chi connectivity index (χ4v) is 1.91. The van der Waals surface area contributed by atoms with E-state index in [1.54, 1.807) is 6.07 Å². The molecule has 0 spiro atoms. The molecule has 5 heteroatoms. The molecule has 0 aromatic heterocycles. The minimum atomic E-state index is -4.40. The average Bonchev–Trinajstić information content (AvgIpc) is 2.17. The van der Waals surface area contributed by atoms with Crippen LogP contribution in [0, 0.1) is 0 Å². The molecule has 0 atom stereocenters. The third-order valence-electron chi connectivity index (χ3n) is 1.87. The number of aliphatic hydroxyl groups is 1. The quantitative estimate of drug-likeness (QED) is 0.812. The molecule has 0 aliphatic carbocycles. The van der Waals surface area contributed by atoms with Gasteiger partial charge in [-0.2, -0.15) is 13.2 Å². The molecule has 0 bridgehead atoms. The zero-order chi connectivity index (χ0) is 11.5. The number of hydrogen-bond acceptors (Lipinski definition) is 2. The molecule has 0 heterocycles. The van der Waals surface area contributed by atoms with Gasteiger partial charge in [-0.15, -0.1) is 11.8 Å². The van der Waals surface area contributed by atoms with Gasteiger partial charge in [-0.25, -0.2) is 0 Å². The van der Waals surface area contributed by atoms with Crippen LogP contribution in [0.3, 0.4) is 0 Å². The van der Waals surface area contributed by atoms with Gasteiger partial charge in [0.1, 0.15) is 0 Å². The predicted octanol–water partition coefficient (Wildman–Crippen LogP) is 3.31. The summed E-state index contributed by atoms with van der Waals surface area (Å²) in [6.07, 6.45) is -4.40. The van der Waals surface area contributed by atoms with Crippen LogP contribution in [0.1, 0.15) is 18.1 Å². The topological polar surface area (TPSA) is 20.2 Å². The van der Waals surface area contributed by atoms with Gasteiger partial charge in [-0.05, 0) is 23.4 Å². The van der Waals surface area contributed by atoms with Gasteiger partial charge in [0.05, 0.1) is 12.2 Å². The molecule has 0 saturated carbocycles. The maximum Gasteiger partial charge on any atom is 0.416 e. The first-order chi connectivity index (χ1) is 6.99. The van der Waals surface area contributed by atoms with Crippen LogP contribution in [-0.2, 0) is 12.8 Å². The van der Waals surface area contributed by atoms with Crippen LogP contribution in [-0.4, -0.2) is 10.9 Å². The first kappa shape index (κ1) is 12.4. The van der Waals surface area contributed by atoms with E-state index in [9.17, 15) is 13.2 Å². The van der Waals surface area contributed by atoms with Gasteiger partial charge in [-0.3, -0.25) is 0 Å². The largest absolute Gasteiger partial charge is 0.416 e. The summed E-state index contributed by atoms with van der Waals surface area (Å²) < 4.78 is 37.6. The van der Waals surface area contributed by atoms with E-state index < -0.39 is 18.3 Å². The fourth-order valence-electron chi connectivity index (χ4n) is 1.21. The number of rotatable bonds is 3. The summed E-state index contributed by atoms with van der Waals surface area (Å²) >= 11 is 1.34. The molecule has 0 aliphatic heterocycles. The molecule has 0 saturated heterocycles. The van der Waals surface area contributed by atoms with E-state index >= 15 is 0 Å². The van der Waals surface area contributed by atoms with E-state index in [1.807, 2.05) is 6.92 Å². The first-order valence-electron chi connectivity index (χ1n) is 4.42. The monoisotopic (exact) mass is 236 g/mol. The molecule has 0 unspecified atom stereocenters. The zero-order valence-electron chi connectivity index (χ0n) is 8.14. The molecule has 0 fully saturated rings. The number of benzene rings is 1. The van der Waals surface area contributed by atoms with Crippen LogP contribution in [0.25, 0.3) is 0 Å². The van der Waals surface area contributed by atoms with Crippen molar-refractivity contribution < 1.29 is 18.3 Å². The number of hydrogen-bond donors (Lipinski definition) is 1. The third kappa shape index (κ3) is 3.14. The molecule has 1 rings (SSSR count). The normalized spacial score (nSPS) is 11.8. The second-order valence-corrected chi connectivity index (χ2v) is 4.25. The third-order valence-corrected chi connectivity index (χ3v) is 2.74. The SMILES string of the molecule is CCSc1ccc(CO)c(C(F)(F)F)c1. The molecular formula is C10H11F3OS. The molecule has 15 heavy (non-hydrogen) atoms. The summed E-state index contributed by atoms with van der Waals surface area (Å²) in [5.74, 6) is 0.718. The lowest BCUT2D eigenvalue weighted by Crippen LogP contribution is -2.09. The summed E-state index contributed by atoms with van der Waals surface area (Å²) in [5, 5.41) is 8.80. The molecule has 0 radical (unpaired) electrons. The van der Waals surface area contributed by atoms with Gasteiger partial charge in [0.15, 0.2) is 0 Å². The Balaban J connectivity index is 3.13. The Morgan fingerprint density at radius 2 is 2.00 bits per heavy atom. The smallest absolute Gasteiger partial charge is 0.392 e. The summed E-state index contributed by atoms with van der Waals surface area (Å²) in [7, 11) is 0. The first-order valence-corrected chi connectivity index (χ1v) is 5.41. The lowest BCUT2D eigenvalue weighted by molar-refractivity contribution is -0.138. The van der Waals surface area contributed by atoms with Crippen LogP contribution < -0.4 is 0 Å². The highest BCUT2D eigenvalue weighted by molar-refractivity contribution is 7.99. The number of halogens is 3. The molecule has 1 N–H and O–H groups in total. The van der Waals surface area contributed by atoms with Crippen molar-refractivity contribution in [3.63, 3.8) is 0 Å². The molecule has 1 nitrogen and oxygen atoms in total. The Labute approximate surface area is 90.3 Å². The highest BCUT2D eigenvalue weighted by Crippen LogP contribution is 2.34. The van der Waals surface area contributed by atoms with Crippen molar-refractivity contribution in [3.8, 4) is 0 Å². The van der Waals surface area contributed by atoms with E-state index in [0.717, 1.165) is 11.8 Å². The van der Waals surface area contributed by atoms with Crippen molar-refractivity contribution in [1.82, 2.24) is 0 Å². The predicted molar refractivity (Wildman–Crippen MR) is 53.8 cm³/mol. The standard InChI is InChI=1S/C10H11F3OS/c1-2-15-8-4-3-7(6-14)9(5-8)10(11,12)13/h3-5,14H,2,6H2,1H3.